The molecule has 176 valence electrons. The topological polar surface area (TPSA) is 53.7 Å². The number of hydrogen-bond acceptors (Lipinski definition) is 3. The minimum Gasteiger partial charge on any atom is -0.456 e. The van der Waals surface area contributed by atoms with E-state index in [0.717, 1.165) is 12.2 Å². The molecular formula is C28H41NO3. The highest BCUT2D eigenvalue weighted by Gasteiger charge is 2.37. The second-order valence-electron chi connectivity index (χ2n) is 11.0. The quantitative estimate of drug-likeness (QED) is 0.548. The first-order valence-corrected chi connectivity index (χ1v) is 12.1. The van der Waals surface area contributed by atoms with Crippen LogP contribution in [0.1, 0.15) is 99.4 Å². The number of aryl methyl sites for hydroxylation is 1. The van der Waals surface area contributed by atoms with Crippen LogP contribution in [0.15, 0.2) is 28.7 Å². The fourth-order valence-corrected chi connectivity index (χ4v) is 4.79. The molecule has 4 nitrogen and oxygen atoms in total. The maximum absolute atomic E-state index is 13.0. The number of rotatable bonds is 8. The molecule has 3 rings (SSSR count). The van der Waals surface area contributed by atoms with Crippen molar-refractivity contribution < 1.29 is 14.3 Å². The van der Waals surface area contributed by atoms with Crippen LogP contribution in [0.3, 0.4) is 0 Å². The van der Waals surface area contributed by atoms with Crippen LogP contribution >= 0.6 is 0 Å². The third-order valence-electron chi connectivity index (χ3n) is 7.43. The number of fused-ring (bicyclic) bond motifs is 1. The fraction of sp³-hybridized carbons (Fsp3) is 0.607. The lowest BCUT2D eigenvalue weighted by Gasteiger charge is -2.42. The normalized spacial score (nSPS) is 17.6. The van der Waals surface area contributed by atoms with Crippen molar-refractivity contribution in [2.24, 2.45) is 5.92 Å². The van der Waals surface area contributed by atoms with E-state index in [2.05, 4.69) is 60.6 Å². The summed E-state index contributed by atoms with van der Waals surface area (Å²) >= 11 is 0. The van der Waals surface area contributed by atoms with Gasteiger partial charge >= 0.3 is 0 Å². The van der Waals surface area contributed by atoms with E-state index >= 15 is 0 Å². The number of hydrogen-bond donors (Lipinski definition) is 1. The summed E-state index contributed by atoms with van der Waals surface area (Å²) in [4.78, 5) is 14.7. The zero-order valence-electron chi connectivity index (χ0n) is 21.0. The molecule has 32 heavy (non-hydrogen) atoms. The van der Waals surface area contributed by atoms with Gasteiger partial charge in [0.25, 0.3) is 5.91 Å². The molecule has 1 atom stereocenters. The second-order valence-corrected chi connectivity index (χ2v) is 11.0. The van der Waals surface area contributed by atoms with Gasteiger partial charge < -0.3 is 14.4 Å². The molecule has 1 heterocycles. The Labute approximate surface area is 194 Å². The van der Waals surface area contributed by atoms with Gasteiger partial charge in [-0.3, -0.25) is 4.79 Å². The number of carbonyl (C=O) groups is 1. The van der Waals surface area contributed by atoms with Crippen LogP contribution in [0.2, 0.25) is 0 Å². The molecular weight excluding hydrogens is 398 g/mol. The maximum Gasteiger partial charge on any atom is 0.289 e. The van der Waals surface area contributed by atoms with Crippen LogP contribution < -0.4 is 0 Å². The zero-order valence-corrected chi connectivity index (χ0v) is 21.0. The van der Waals surface area contributed by atoms with E-state index in [1.165, 1.54) is 35.1 Å². The molecule has 0 bridgehead atoms. The summed E-state index contributed by atoms with van der Waals surface area (Å²) in [6, 6.07) is 8.44. The first-order valence-electron chi connectivity index (χ1n) is 12.1. The molecule has 2 aromatic rings. The monoisotopic (exact) mass is 439 g/mol. The molecule has 4 heteroatoms. The third-order valence-corrected chi connectivity index (χ3v) is 7.43. The number of carbonyl (C=O) groups excluding carboxylic acids is 1. The average Bonchev–Trinajstić information content (AvgIpc) is 3.20. The van der Waals surface area contributed by atoms with Gasteiger partial charge in [-0.25, -0.2) is 0 Å². The predicted molar refractivity (Wildman–Crippen MR) is 130 cm³/mol. The lowest BCUT2D eigenvalue weighted by molar-refractivity contribution is 0.0661. The van der Waals surface area contributed by atoms with Gasteiger partial charge in [0.15, 0.2) is 5.76 Å². The lowest BCUT2D eigenvalue weighted by Crippen LogP contribution is -2.36. The van der Waals surface area contributed by atoms with Gasteiger partial charge in [-0.15, -0.1) is 0 Å². The lowest BCUT2D eigenvalue weighted by atomic mass is 9.62. The van der Waals surface area contributed by atoms with E-state index in [4.69, 9.17) is 4.42 Å². The van der Waals surface area contributed by atoms with Gasteiger partial charge in [0.05, 0.1) is 6.61 Å². The van der Waals surface area contributed by atoms with E-state index in [0.29, 0.717) is 31.2 Å². The fourth-order valence-electron chi connectivity index (χ4n) is 4.79. The third kappa shape index (κ3) is 5.11. The Morgan fingerprint density at radius 1 is 1.12 bits per heavy atom. The number of nitrogens with zero attached hydrogens (tertiary/aromatic N) is 1. The van der Waals surface area contributed by atoms with Crippen molar-refractivity contribution in [3.05, 3.63) is 58.0 Å². The summed E-state index contributed by atoms with van der Waals surface area (Å²) in [7, 11) is 0. The van der Waals surface area contributed by atoms with E-state index in [1.807, 2.05) is 6.07 Å². The summed E-state index contributed by atoms with van der Waals surface area (Å²) in [5.74, 6) is 1.40. The van der Waals surface area contributed by atoms with Crippen molar-refractivity contribution in [2.75, 3.05) is 19.7 Å². The van der Waals surface area contributed by atoms with Crippen LogP contribution in [0, 0.1) is 12.8 Å². The minimum absolute atomic E-state index is 0.0454. The highest BCUT2D eigenvalue weighted by Crippen LogP contribution is 2.46. The molecule has 1 aromatic heterocycles. The maximum atomic E-state index is 13.0. The highest BCUT2D eigenvalue weighted by molar-refractivity contribution is 5.91. The van der Waals surface area contributed by atoms with E-state index in [1.54, 1.807) is 11.0 Å². The van der Waals surface area contributed by atoms with Crippen molar-refractivity contribution in [2.45, 2.75) is 85.0 Å². The number of amides is 1. The molecule has 1 N–H and O–H groups in total. The van der Waals surface area contributed by atoms with E-state index in [9.17, 15) is 9.90 Å². The Morgan fingerprint density at radius 2 is 1.75 bits per heavy atom. The van der Waals surface area contributed by atoms with Gasteiger partial charge in [0, 0.05) is 19.5 Å². The van der Waals surface area contributed by atoms with Crippen molar-refractivity contribution in [1.82, 2.24) is 4.90 Å². The Hall–Kier alpha value is -2.07. The van der Waals surface area contributed by atoms with E-state index in [-0.39, 0.29) is 23.3 Å². The number of furan rings is 1. The van der Waals surface area contributed by atoms with Crippen molar-refractivity contribution >= 4 is 5.91 Å². The predicted octanol–water partition coefficient (Wildman–Crippen LogP) is 6.01. The molecule has 0 fully saturated rings. The first-order chi connectivity index (χ1) is 15.0. The average molecular weight is 440 g/mol. The van der Waals surface area contributed by atoms with Gasteiger partial charge in [-0.05, 0) is 70.9 Å². The number of aliphatic hydroxyl groups is 1. The molecule has 0 radical (unpaired) electrons. The van der Waals surface area contributed by atoms with Crippen LogP contribution in [0.5, 0.6) is 0 Å². The van der Waals surface area contributed by atoms with Crippen LogP contribution in [-0.4, -0.2) is 35.6 Å². The molecule has 1 aromatic carbocycles. The standard InChI is InChI=1S/C28H41NO3/c1-8-19(2)18-29(13-14-30)26(31)25-10-9-22(32-25)16-21-17-24-23(15-20(21)3)27(4,5)11-12-28(24,6)7/h9-10,15,17,19,30H,8,11-14,16,18H2,1-7H3. The van der Waals surface area contributed by atoms with Gasteiger partial charge in [-0.2, -0.15) is 0 Å². The summed E-state index contributed by atoms with van der Waals surface area (Å²) in [5.41, 5.74) is 5.81. The summed E-state index contributed by atoms with van der Waals surface area (Å²) < 4.78 is 6.01. The smallest absolute Gasteiger partial charge is 0.289 e. The van der Waals surface area contributed by atoms with E-state index < -0.39 is 0 Å². The molecule has 0 saturated heterocycles. The Morgan fingerprint density at radius 3 is 2.34 bits per heavy atom. The molecule has 0 spiro atoms. The molecule has 1 aliphatic rings. The van der Waals surface area contributed by atoms with Crippen LogP contribution in [-0.2, 0) is 17.3 Å². The van der Waals surface area contributed by atoms with Gasteiger partial charge in [0.1, 0.15) is 5.76 Å². The van der Waals surface area contributed by atoms with Gasteiger partial charge in [0.2, 0.25) is 0 Å². The Bertz CT molecular complexity index is 954. The first kappa shape index (κ1) is 24.6. The minimum atomic E-state index is -0.143. The summed E-state index contributed by atoms with van der Waals surface area (Å²) in [6.45, 7) is 16.7. The Kier molecular flexibility index (Phi) is 7.24. The van der Waals surface area contributed by atoms with Crippen molar-refractivity contribution in [1.29, 1.82) is 0 Å². The second kappa shape index (κ2) is 9.43. The largest absolute Gasteiger partial charge is 0.456 e. The number of aliphatic hydroxyl groups excluding tert-OH is 1. The van der Waals surface area contributed by atoms with Gasteiger partial charge in [-0.1, -0.05) is 60.1 Å². The molecule has 1 amide bonds. The SMILES string of the molecule is CCC(C)CN(CCO)C(=O)c1ccc(Cc2cc3c(cc2C)C(C)(C)CCC3(C)C)o1. The molecule has 0 aliphatic heterocycles. The molecule has 1 unspecified atom stereocenters. The Balaban J connectivity index is 1.84. The molecule has 1 aliphatic carbocycles. The summed E-state index contributed by atoms with van der Waals surface area (Å²) in [6.07, 6.45) is 4.06. The molecule has 0 saturated carbocycles. The van der Waals surface area contributed by atoms with Crippen LogP contribution in [0.4, 0.5) is 0 Å². The van der Waals surface area contributed by atoms with Crippen LogP contribution in [0.25, 0.3) is 0 Å². The highest BCUT2D eigenvalue weighted by atomic mass is 16.4. The number of benzene rings is 1. The van der Waals surface area contributed by atoms with Crippen molar-refractivity contribution in [3.63, 3.8) is 0 Å². The summed E-state index contributed by atoms with van der Waals surface area (Å²) in [5, 5.41) is 9.40. The zero-order chi connectivity index (χ0) is 23.7. The van der Waals surface area contributed by atoms with Crippen molar-refractivity contribution in [3.8, 4) is 0 Å².